The molecule has 0 atom stereocenters. The molecule has 2 N–H and O–H groups in total. The topological polar surface area (TPSA) is 124 Å². The van der Waals surface area contributed by atoms with Gasteiger partial charge in [0.1, 0.15) is 5.52 Å². The van der Waals surface area contributed by atoms with Gasteiger partial charge in [-0.05, 0) is 31.9 Å². The number of ether oxygens (including phenoxy) is 2. The van der Waals surface area contributed by atoms with Crippen LogP contribution in [-0.4, -0.2) is 62.1 Å². The Morgan fingerprint density at radius 1 is 1.28 bits per heavy atom. The Morgan fingerprint density at radius 2 is 2.07 bits per heavy atom. The van der Waals surface area contributed by atoms with Gasteiger partial charge in [-0.1, -0.05) is 0 Å². The van der Waals surface area contributed by atoms with Gasteiger partial charge in [-0.25, -0.2) is 14.6 Å². The van der Waals surface area contributed by atoms with Crippen LogP contribution in [-0.2, 0) is 6.54 Å². The summed E-state index contributed by atoms with van der Waals surface area (Å²) in [5, 5.41) is 17.1. The predicted molar refractivity (Wildman–Crippen MR) is 103 cm³/mol. The number of nitrogens with one attached hydrogen (secondary N) is 1. The van der Waals surface area contributed by atoms with E-state index in [1.165, 1.54) is 13.3 Å². The number of fused-ring (bicyclic) bond motifs is 1. The van der Waals surface area contributed by atoms with Crippen molar-refractivity contribution < 1.29 is 19.4 Å². The molecule has 10 nitrogen and oxygen atoms in total. The van der Waals surface area contributed by atoms with E-state index >= 15 is 0 Å². The van der Waals surface area contributed by atoms with Crippen molar-refractivity contribution in [2.24, 2.45) is 0 Å². The van der Waals surface area contributed by atoms with Crippen LogP contribution in [0.5, 0.6) is 11.8 Å². The second kappa shape index (κ2) is 7.28. The lowest BCUT2D eigenvalue weighted by molar-refractivity contribution is 0.0892. The molecule has 0 spiro atoms. The fourth-order valence-electron chi connectivity index (χ4n) is 2.96. The number of hydrogen-bond acceptors (Lipinski definition) is 8. The lowest BCUT2D eigenvalue weighted by Crippen LogP contribution is -2.33. The van der Waals surface area contributed by atoms with Gasteiger partial charge in [0.25, 0.3) is 5.91 Å². The third-order valence-corrected chi connectivity index (χ3v) is 4.84. The highest BCUT2D eigenvalue weighted by molar-refractivity contribution is 6.02. The van der Waals surface area contributed by atoms with Crippen LogP contribution in [0.25, 0.3) is 11.2 Å². The summed E-state index contributed by atoms with van der Waals surface area (Å²) < 4.78 is 12.1. The number of carbonyl (C=O) groups is 1. The first-order chi connectivity index (χ1) is 13.9. The molecule has 0 unspecified atom stereocenters. The molecule has 0 bridgehead atoms. The van der Waals surface area contributed by atoms with Crippen LogP contribution in [0.15, 0.2) is 18.3 Å². The largest absolute Gasteiger partial charge is 0.481 e. The number of nitrogens with zero attached hydrogens (tertiary/aromatic N) is 5. The molecule has 0 aliphatic heterocycles. The molecular formula is C19H22N6O4. The van der Waals surface area contributed by atoms with E-state index in [4.69, 9.17) is 9.47 Å². The van der Waals surface area contributed by atoms with E-state index in [0.29, 0.717) is 35.8 Å². The van der Waals surface area contributed by atoms with Gasteiger partial charge in [-0.2, -0.15) is 10.1 Å². The fourth-order valence-corrected chi connectivity index (χ4v) is 2.96. The molecule has 1 fully saturated rings. The van der Waals surface area contributed by atoms with Crippen molar-refractivity contribution in [3.63, 3.8) is 0 Å². The summed E-state index contributed by atoms with van der Waals surface area (Å²) in [6, 6.07) is 3.77. The van der Waals surface area contributed by atoms with Crippen LogP contribution >= 0.6 is 0 Å². The van der Waals surface area contributed by atoms with Crippen LogP contribution < -0.4 is 14.8 Å². The molecule has 29 heavy (non-hydrogen) atoms. The zero-order valence-electron chi connectivity index (χ0n) is 16.5. The second-order valence-corrected chi connectivity index (χ2v) is 7.12. The van der Waals surface area contributed by atoms with Crippen molar-refractivity contribution in [1.29, 1.82) is 0 Å². The van der Waals surface area contributed by atoms with Crippen LogP contribution in [0.3, 0.4) is 0 Å². The van der Waals surface area contributed by atoms with E-state index in [1.54, 1.807) is 11.8 Å². The van der Waals surface area contributed by atoms with Crippen LogP contribution in [0.1, 0.15) is 34.6 Å². The summed E-state index contributed by atoms with van der Waals surface area (Å²) in [7, 11) is 3.05. The average molecular weight is 398 g/mol. The molecule has 10 heteroatoms. The van der Waals surface area contributed by atoms with Gasteiger partial charge in [-0.15, -0.1) is 0 Å². The smallest absolute Gasteiger partial charge is 0.274 e. The Bertz CT molecular complexity index is 1080. The molecule has 0 saturated heterocycles. The van der Waals surface area contributed by atoms with Gasteiger partial charge in [0.05, 0.1) is 32.6 Å². The summed E-state index contributed by atoms with van der Waals surface area (Å²) in [5.41, 5.74) is 1.71. The van der Waals surface area contributed by atoms with Crippen LogP contribution in [0, 0.1) is 6.92 Å². The van der Waals surface area contributed by atoms with Gasteiger partial charge >= 0.3 is 0 Å². The zero-order valence-corrected chi connectivity index (χ0v) is 16.5. The number of aliphatic hydroxyl groups is 1. The molecule has 3 heterocycles. The Kier molecular flexibility index (Phi) is 4.79. The predicted octanol–water partition coefficient (Wildman–Crippen LogP) is 0.850. The first kappa shape index (κ1) is 19.1. The maximum atomic E-state index is 12.7. The number of pyridine rings is 1. The first-order valence-electron chi connectivity index (χ1n) is 9.21. The van der Waals surface area contributed by atoms with E-state index in [0.717, 1.165) is 11.3 Å². The standard InChI is InChI=1S/C19H22N6O4/c1-11-4-5-12(18(22-11)29-3)9-25-16-14(20-8-13(23-16)28-2)15(24-25)17(26)21-10-19(27)6-7-19/h4-5,8,27H,6-7,9-10H2,1-3H3,(H,21,26). The molecular weight excluding hydrogens is 376 g/mol. The maximum absolute atomic E-state index is 12.7. The van der Waals surface area contributed by atoms with Gasteiger partial charge in [0.15, 0.2) is 11.3 Å². The third-order valence-electron chi connectivity index (χ3n) is 4.84. The van der Waals surface area contributed by atoms with E-state index in [1.807, 2.05) is 19.1 Å². The van der Waals surface area contributed by atoms with Crippen LogP contribution in [0.4, 0.5) is 0 Å². The summed E-state index contributed by atoms with van der Waals surface area (Å²) in [6.45, 7) is 2.34. The molecule has 3 aromatic heterocycles. The molecule has 1 aliphatic carbocycles. The van der Waals surface area contributed by atoms with Crippen LogP contribution in [0.2, 0.25) is 0 Å². The van der Waals surface area contributed by atoms with Gasteiger partial charge < -0.3 is 19.9 Å². The Labute approximate surface area is 166 Å². The minimum atomic E-state index is -0.802. The Morgan fingerprint density at radius 3 is 2.76 bits per heavy atom. The zero-order chi connectivity index (χ0) is 20.6. The number of aryl methyl sites for hydroxylation is 1. The van der Waals surface area contributed by atoms with Crippen molar-refractivity contribution in [2.75, 3.05) is 20.8 Å². The Hall–Kier alpha value is -3.27. The van der Waals surface area contributed by atoms with E-state index in [2.05, 4.69) is 25.4 Å². The van der Waals surface area contributed by atoms with E-state index in [9.17, 15) is 9.90 Å². The number of aromatic nitrogens is 5. The molecule has 3 aromatic rings. The SMILES string of the molecule is COc1cnc2c(C(=O)NCC3(O)CC3)nn(Cc3ccc(C)nc3OC)c2n1. The second-order valence-electron chi connectivity index (χ2n) is 7.12. The van der Waals surface area contributed by atoms with Crippen molar-refractivity contribution in [2.45, 2.75) is 31.9 Å². The molecule has 0 radical (unpaired) electrons. The summed E-state index contributed by atoms with van der Waals surface area (Å²) in [6.07, 6.45) is 2.80. The van der Waals surface area contributed by atoms with Crippen molar-refractivity contribution in [3.05, 3.63) is 35.3 Å². The summed E-state index contributed by atoms with van der Waals surface area (Å²) >= 11 is 0. The van der Waals surface area contributed by atoms with Gasteiger partial charge in [-0.3, -0.25) is 4.79 Å². The maximum Gasteiger partial charge on any atom is 0.274 e. The third kappa shape index (κ3) is 3.83. The highest BCUT2D eigenvalue weighted by Gasteiger charge is 2.40. The number of rotatable bonds is 7. The molecule has 0 aromatic carbocycles. The van der Waals surface area contributed by atoms with Crippen molar-refractivity contribution in [3.8, 4) is 11.8 Å². The number of hydrogen-bond donors (Lipinski definition) is 2. The number of amides is 1. The monoisotopic (exact) mass is 398 g/mol. The molecule has 1 saturated carbocycles. The van der Waals surface area contributed by atoms with Gasteiger partial charge in [0, 0.05) is 17.8 Å². The molecule has 152 valence electrons. The minimum absolute atomic E-state index is 0.137. The highest BCUT2D eigenvalue weighted by Crippen LogP contribution is 2.34. The normalized spacial score (nSPS) is 14.6. The fraction of sp³-hybridized carbons (Fsp3) is 0.421. The summed E-state index contributed by atoms with van der Waals surface area (Å²) in [5.74, 6) is 0.376. The first-order valence-corrected chi connectivity index (χ1v) is 9.21. The van der Waals surface area contributed by atoms with Crippen molar-refractivity contribution in [1.82, 2.24) is 30.0 Å². The van der Waals surface area contributed by atoms with E-state index < -0.39 is 11.5 Å². The highest BCUT2D eigenvalue weighted by atomic mass is 16.5. The Balaban J connectivity index is 1.71. The van der Waals surface area contributed by atoms with E-state index in [-0.39, 0.29) is 18.8 Å². The number of methoxy groups -OCH3 is 2. The summed E-state index contributed by atoms with van der Waals surface area (Å²) in [4.78, 5) is 25.8. The number of carbonyl (C=O) groups excluding carboxylic acids is 1. The quantitative estimate of drug-likeness (QED) is 0.600. The molecule has 4 rings (SSSR count). The molecule has 1 amide bonds. The van der Waals surface area contributed by atoms with Gasteiger partial charge in [0.2, 0.25) is 11.8 Å². The lowest BCUT2D eigenvalue weighted by atomic mass is 10.2. The minimum Gasteiger partial charge on any atom is -0.481 e. The average Bonchev–Trinajstić information content (AvgIpc) is 3.36. The lowest BCUT2D eigenvalue weighted by Gasteiger charge is -2.09. The molecule has 1 aliphatic rings. The van der Waals surface area contributed by atoms with Crippen molar-refractivity contribution >= 4 is 17.1 Å².